The van der Waals surface area contributed by atoms with Gasteiger partial charge in [-0.25, -0.2) is 0 Å². The van der Waals surface area contributed by atoms with Gasteiger partial charge in [-0.1, -0.05) is 13.5 Å². The zero-order chi connectivity index (χ0) is 7.56. The number of hydrogen-bond acceptors (Lipinski definition) is 2. The summed E-state index contributed by atoms with van der Waals surface area (Å²) in [5.41, 5.74) is 1.11. The van der Waals surface area contributed by atoms with Gasteiger partial charge in [-0.05, 0) is 19.0 Å². The highest BCUT2D eigenvalue weighted by Gasteiger charge is 2.23. The maximum absolute atomic E-state index is 5.44. The van der Waals surface area contributed by atoms with E-state index < -0.39 is 0 Å². The second-order valence-electron chi connectivity index (χ2n) is 2.70. The van der Waals surface area contributed by atoms with Crippen molar-refractivity contribution in [1.82, 2.24) is 4.90 Å². The lowest BCUT2D eigenvalue weighted by atomic mass is 10.3. The Balaban J connectivity index is 2.50. The average Bonchev–Trinajstić information content (AvgIpc) is 2.33. The van der Waals surface area contributed by atoms with Crippen molar-refractivity contribution in [3.8, 4) is 0 Å². The summed E-state index contributed by atoms with van der Waals surface area (Å²) < 4.78 is 5.44. The molecule has 1 fully saturated rings. The lowest BCUT2D eigenvalue weighted by Crippen LogP contribution is -2.30. The van der Waals surface area contributed by atoms with Crippen LogP contribution in [0, 0.1) is 0 Å². The summed E-state index contributed by atoms with van der Waals surface area (Å²) in [6, 6.07) is 0. The molecule has 2 nitrogen and oxygen atoms in total. The summed E-state index contributed by atoms with van der Waals surface area (Å²) >= 11 is 0. The predicted molar refractivity (Wildman–Crippen MR) is 41.8 cm³/mol. The van der Waals surface area contributed by atoms with Crippen molar-refractivity contribution < 1.29 is 4.74 Å². The molecule has 1 aliphatic heterocycles. The van der Waals surface area contributed by atoms with Crippen LogP contribution in [0.25, 0.3) is 0 Å². The number of hydrogen-bond donors (Lipinski definition) is 0. The number of rotatable bonds is 2. The summed E-state index contributed by atoms with van der Waals surface area (Å²) in [6.07, 6.45) is 0.185. The summed E-state index contributed by atoms with van der Waals surface area (Å²) in [6.45, 7) is 11.0. The quantitative estimate of drug-likeness (QED) is 0.536. The molecule has 58 valence electrons. The second-order valence-corrected chi connectivity index (χ2v) is 2.70. The zero-order valence-corrected chi connectivity index (χ0v) is 6.76. The van der Waals surface area contributed by atoms with Crippen LogP contribution in [0.2, 0.25) is 0 Å². The minimum atomic E-state index is 0.185. The van der Waals surface area contributed by atoms with Crippen molar-refractivity contribution in [2.45, 2.75) is 20.1 Å². The molecule has 1 unspecified atom stereocenters. The van der Waals surface area contributed by atoms with E-state index >= 15 is 0 Å². The smallest absolute Gasteiger partial charge is 0.132 e. The molecule has 0 bridgehead atoms. The van der Waals surface area contributed by atoms with E-state index in [2.05, 4.69) is 18.4 Å². The molecule has 1 heterocycles. The highest BCUT2D eigenvalue weighted by Crippen LogP contribution is 2.14. The van der Waals surface area contributed by atoms with Gasteiger partial charge in [0.2, 0.25) is 0 Å². The Morgan fingerprint density at radius 2 is 2.50 bits per heavy atom. The minimum absolute atomic E-state index is 0.185. The molecule has 0 N–H and O–H groups in total. The average molecular weight is 141 g/mol. The van der Waals surface area contributed by atoms with E-state index in [-0.39, 0.29) is 6.23 Å². The highest BCUT2D eigenvalue weighted by atomic mass is 16.5. The third-order valence-corrected chi connectivity index (χ3v) is 1.81. The molecule has 1 atom stereocenters. The van der Waals surface area contributed by atoms with Crippen LogP contribution in [-0.4, -0.2) is 30.8 Å². The van der Waals surface area contributed by atoms with Gasteiger partial charge in [0.15, 0.2) is 0 Å². The molecule has 0 aliphatic carbocycles. The first-order valence-electron chi connectivity index (χ1n) is 3.76. The lowest BCUT2D eigenvalue weighted by molar-refractivity contribution is 0.0670. The van der Waals surface area contributed by atoms with E-state index in [0.29, 0.717) is 0 Å². The summed E-state index contributed by atoms with van der Waals surface area (Å²) in [5.74, 6) is 0. The van der Waals surface area contributed by atoms with E-state index in [1.807, 2.05) is 6.92 Å². The Kier molecular flexibility index (Phi) is 2.46. The van der Waals surface area contributed by atoms with Gasteiger partial charge in [0.1, 0.15) is 6.23 Å². The van der Waals surface area contributed by atoms with Crippen molar-refractivity contribution in [2.24, 2.45) is 0 Å². The van der Waals surface area contributed by atoms with Crippen molar-refractivity contribution in [3.05, 3.63) is 12.2 Å². The molecular weight excluding hydrogens is 126 g/mol. The molecule has 1 aliphatic rings. The molecule has 0 aromatic carbocycles. The minimum Gasteiger partial charge on any atom is -0.358 e. The molecule has 0 aromatic heterocycles. The first-order chi connectivity index (χ1) is 4.75. The molecule has 0 aromatic rings. The van der Waals surface area contributed by atoms with Gasteiger partial charge in [-0.15, -0.1) is 0 Å². The number of likely N-dealkylation sites (N-methyl/N-ethyl adjacent to an activating group) is 1. The number of ether oxygens (including phenoxy) is 1. The van der Waals surface area contributed by atoms with Gasteiger partial charge in [0.05, 0.1) is 6.61 Å². The largest absolute Gasteiger partial charge is 0.358 e. The fourth-order valence-electron chi connectivity index (χ4n) is 1.28. The van der Waals surface area contributed by atoms with Crippen LogP contribution >= 0.6 is 0 Å². The van der Waals surface area contributed by atoms with E-state index in [1.54, 1.807) is 0 Å². The van der Waals surface area contributed by atoms with E-state index in [9.17, 15) is 0 Å². The molecule has 0 saturated carbocycles. The lowest BCUT2D eigenvalue weighted by Gasteiger charge is -2.20. The molecule has 0 spiro atoms. The first-order valence-corrected chi connectivity index (χ1v) is 3.76. The van der Waals surface area contributed by atoms with E-state index in [0.717, 1.165) is 25.3 Å². The van der Waals surface area contributed by atoms with Crippen LogP contribution in [0.1, 0.15) is 13.8 Å². The normalized spacial score (nSPS) is 27.2. The van der Waals surface area contributed by atoms with Gasteiger partial charge in [0, 0.05) is 6.54 Å². The van der Waals surface area contributed by atoms with Crippen LogP contribution in [0.15, 0.2) is 12.2 Å². The molecule has 0 amide bonds. The summed E-state index contributed by atoms with van der Waals surface area (Å²) in [7, 11) is 0. The molecule has 10 heavy (non-hydrogen) atoms. The third-order valence-electron chi connectivity index (χ3n) is 1.81. The van der Waals surface area contributed by atoms with Crippen LogP contribution in [0.5, 0.6) is 0 Å². The standard InChI is InChI=1S/C8H15NO/c1-4-9-5-6-10-8(9)7(2)3/h8H,2,4-6H2,1,3H3. The molecule has 2 heteroatoms. The Bertz CT molecular complexity index is 133. The van der Waals surface area contributed by atoms with Crippen LogP contribution < -0.4 is 0 Å². The highest BCUT2D eigenvalue weighted by molar-refractivity contribution is 4.99. The van der Waals surface area contributed by atoms with Gasteiger partial charge in [0.25, 0.3) is 0 Å². The second kappa shape index (κ2) is 3.17. The van der Waals surface area contributed by atoms with Crippen molar-refractivity contribution in [2.75, 3.05) is 19.7 Å². The predicted octanol–water partition coefficient (Wildman–Crippen LogP) is 1.24. The van der Waals surface area contributed by atoms with Crippen LogP contribution in [-0.2, 0) is 4.74 Å². The molecular formula is C8H15NO. The maximum atomic E-state index is 5.44. The van der Waals surface area contributed by atoms with Crippen LogP contribution in [0.3, 0.4) is 0 Å². The van der Waals surface area contributed by atoms with Gasteiger partial charge in [-0.2, -0.15) is 0 Å². The van der Waals surface area contributed by atoms with Crippen molar-refractivity contribution >= 4 is 0 Å². The Morgan fingerprint density at radius 1 is 1.80 bits per heavy atom. The molecule has 1 rings (SSSR count). The van der Waals surface area contributed by atoms with Gasteiger partial charge >= 0.3 is 0 Å². The first kappa shape index (κ1) is 7.76. The molecule has 0 radical (unpaired) electrons. The SMILES string of the molecule is C=C(C)C1OCCN1CC. The Hall–Kier alpha value is -0.340. The van der Waals surface area contributed by atoms with Gasteiger partial charge in [-0.3, -0.25) is 4.90 Å². The van der Waals surface area contributed by atoms with Crippen molar-refractivity contribution in [1.29, 1.82) is 0 Å². The molecule has 1 saturated heterocycles. The Labute approximate surface area is 62.5 Å². The van der Waals surface area contributed by atoms with Crippen LogP contribution in [0.4, 0.5) is 0 Å². The van der Waals surface area contributed by atoms with Crippen molar-refractivity contribution in [3.63, 3.8) is 0 Å². The monoisotopic (exact) mass is 141 g/mol. The maximum Gasteiger partial charge on any atom is 0.132 e. The zero-order valence-electron chi connectivity index (χ0n) is 6.76. The van der Waals surface area contributed by atoms with E-state index in [1.165, 1.54) is 0 Å². The fraction of sp³-hybridized carbons (Fsp3) is 0.750. The summed E-state index contributed by atoms with van der Waals surface area (Å²) in [5, 5.41) is 0. The van der Waals surface area contributed by atoms with Gasteiger partial charge < -0.3 is 4.74 Å². The van der Waals surface area contributed by atoms with E-state index in [4.69, 9.17) is 4.74 Å². The Morgan fingerprint density at radius 3 is 2.90 bits per heavy atom. The number of nitrogens with zero attached hydrogens (tertiary/aromatic N) is 1. The fourth-order valence-corrected chi connectivity index (χ4v) is 1.28. The summed E-state index contributed by atoms with van der Waals surface area (Å²) in [4.78, 5) is 2.28. The third kappa shape index (κ3) is 1.39. The topological polar surface area (TPSA) is 12.5 Å².